The normalized spacial score (nSPS) is 23.3. The van der Waals surface area contributed by atoms with Crippen LogP contribution in [0.15, 0.2) is 42.3 Å². The number of ether oxygens (including phenoxy) is 2. The first-order chi connectivity index (χ1) is 11.0. The first-order valence-corrected chi connectivity index (χ1v) is 7.06. The van der Waals surface area contributed by atoms with Crippen molar-refractivity contribution in [2.24, 2.45) is 0 Å². The molecule has 0 saturated heterocycles. The summed E-state index contributed by atoms with van der Waals surface area (Å²) in [5, 5.41) is 0. The molecule has 2 aromatic rings. The highest BCUT2D eigenvalue weighted by molar-refractivity contribution is 5.69. The summed E-state index contributed by atoms with van der Waals surface area (Å²) in [5.41, 5.74) is -0.431. The molecule has 0 fully saturated rings. The van der Waals surface area contributed by atoms with Gasteiger partial charge >= 0.3 is 5.97 Å². The Hall–Kier alpha value is -2.74. The van der Waals surface area contributed by atoms with Crippen LogP contribution in [0.25, 0.3) is 11.2 Å². The fraction of sp³-hybridized carbons (Fsp3) is 0.333. The van der Waals surface area contributed by atoms with Crippen LogP contribution in [0.1, 0.15) is 19.6 Å². The van der Waals surface area contributed by atoms with Gasteiger partial charge in [-0.1, -0.05) is 6.08 Å². The van der Waals surface area contributed by atoms with Crippen molar-refractivity contribution in [2.45, 2.75) is 25.2 Å². The molecule has 1 N–H and O–H groups in total. The lowest BCUT2D eigenvalue weighted by Crippen LogP contribution is -2.34. The van der Waals surface area contributed by atoms with Gasteiger partial charge in [0.05, 0.1) is 12.7 Å². The molecule has 8 nitrogen and oxygen atoms in total. The van der Waals surface area contributed by atoms with Gasteiger partial charge in [0.2, 0.25) is 0 Å². The highest BCUT2D eigenvalue weighted by Crippen LogP contribution is 2.34. The Bertz CT molecular complexity index is 837. The van der Waals surface area contributed by atoms with Gasteiger partial charge in [-0.15, -0.1) is 6.58 Å². The smallest absolute Gasteiger partial charge is 0.302 e. The summed E-state index contributed by atoms with van der Waals surface area (Å²) in [6, 6.07) is 0. The van der Waals surface area contributed by atoms with Gasteiger partial charge in [-0.3, -0.25) is 14.2 Å². The van der Waals surface area contributed by atoms with E-state index in [1.807, 2.05) is 12.2 Å². The third kappa shape index (κ3) is 2.80. The number of hydrogen-bond acceptors (Lipinski definition) is 6. The zero-order valence-corrected chi connectivity index (χ0v) is 12.6. The molecule has 2 atom stereocenters. The van der Waals surface area contributed by atoms with Crippen LogP contribution in [-0.4, -0.2) is 37.7 Å². The van der Waals surface area contributed by atoms with Crippen LogP contribution in [0.5, 0.6) is 0 Å². The van der Waals surface area contributed by atoms with Crippen molar-refractivity contribution >= 4 is 17.1 Å². The maximum atomic E-state index is 11.7. The van der Waals surface area contributed by atoms with E-state index in [0.717, 1.165) is 0 Å². The summed E-state index contributed by atoms with van der Waals surface area (Å²) in [4.78, 5) is 33.5. The lowest BCUT2D eigenvalue weighted by Gasteiger charge is -2.27. The monoisotopic (exact) mass is 316 g/mol. The van der Waals surface area contributed by atoms with E-state index in [-0.39, 0.29) is 23.7 Å². The van der Waals surface area contributed by atoms with Crippen molar-refractivity contribution in [3.8, 4) is 0 Å². The van der Waals surface area contributed by atoms with E-state index in [4.69, 9.17) is 9.47 Å². The van der Waals surface area contributed by atoms with Crippen LogP contribution in [0.4, 0.5) is 0 Å². The molecule has 8 heteroatoms. The Morgan fingerprint density at radius 1 is 1.61 bits per heavy atom. The van der Waals surface area contributed by atoms with E-state index in [0.29, 0.717) is 12.1 Å². The molecular formula is C15H16N4O4. The fourth-order valence-corrected chi connectivity index (χ4v) is 2.50. The molecule has 0 saturated carbocycles. The number of H-pyrrole nitrogens is 1. The van der Waals surface area contributed by atoms with E-state index in [1.54, 1.807) is 10.6 Å². The first kappa shape index (κ1) is 15.2. The minimum atomic E-state index is -0.782. The molecule has 1 aliphatic heterocycles. The number of nitrogens with zero attached hydrogens (tertiary/aromatic N) is 3. The van der Waals surface area contributed by atoms with Gasteiger partial charge in [0.25, 0.3) is 5.56 Å². The predicted octanol–water partition coefficient (Wildman–Crippen LogP) is 1.08. The van der Waals surface area contributed by atoms with Gasteiger partial charge in [0.15, 0.2) is 17.4 Å². The molecule has 23 heavy (non-hydrogen) atoms. The minimum Gasteiger partial charge on any atom is -0.462 e. The van der Waals surface area contributed by atoms with Crippen molar-refractivity contribution in [3.63, 3.8) is 0 Å². The number of imidazole rings is 1. The second-order valence-electron chi connectivity index (χ2n) is 5.26. The Kier molecular flexibility index (Phi) is 3.83. The average molecular weight is 316 g/mol. The SMILES string of the molecule is C=CC[C@@]1(COC(C)=O)C=C[C@H](n2cnc3c(=O)[nH]cnc32)O1. The van der Waals surface area contributed by atoms with Gasteiger partial charge in [0, 0.05) is 13.3 Å². The number of rotatable bonds is 5. The van der Waals surface area contributed by atoms with Crippen LogP contribution in [0.2, 0.25) is 0 Å². The van der Waals surface area contributed by atoms with Crippen LogP contribution >= 0.6 is 0 Å². The van der Waals surface area contributed by atoms with Crippen molar-refractivity contribution in [2.75, 3.05) is 6.61 Å². The predicted molar refractivity (Wildman–Crippen MR) is 81.6 cm³/mol. The number of fused-ring (bicyclic) bond motifs is 1. The molecule has 0 spiro atoms. The molecule has 3 heterocycles. The van der Waals surface area contributed by atoms with Gasteiger partial charge < -0.3 is 14.5 Å². The van der Waals surface area contributed by atoms with Gasteiger partial charge in [-0.2, -0.15) is 0 Å². The van der Waals surface area contributed by atoms with Gasteiger partial charge in [-0.25, -0.2) is 9.97 Å². The molecule has 3 rings (SSSR count). The number of carbonyl (C=O) groups excluding carboxylic acids is 1. The Balaban J connectivity index is 1.89. The largest absolute Gasteiger partial charge is 0.462 e. The lowest BCUT2D eigenvalue weighted by molar-refractivity contribution is -0.152. The average Bonchev–Trinajstić information content (AvgIpc) is 3.11. The maximum Gasteiger partial charge on any atom is 0.302 e. The Morgan fingerprint density at radius 3 is 3.17 bits per heavy atom. The molecule has 0 aromatic carbocycles. The standard InChI is InChI=1S/C15H16N4O4/c1-3-5-15(7-22-10(2)20)6-4-11(23-15)19-9-18-12-13(19)16-8-17-14(12)21/h3-4,6,8-9,11H,1,5,7H2,2H3,(H,16,17,21)/t11-,15+/m1/s1. The molecule has 1 aliphatic rings. The Morgan fingerprint density at radius 2 is 2.43 bits per heavy atom. The first-order valence-electron chi connectivity index (χ1n) is 7.06. The summed E-state index contributed by atoms with van der Waals surface area (Å²) in [5.74, 6) is -0.379. The van der Waals surface area contributed by atoms with E-state index in [1.165, 1.54) is 19.6 Å². The second-order valence-corrected chi connectivity index (χ2v) is 5.26. The Labute approximate surface area is 131 Å². The van der Waals surface area contributed by atoms with E-state index in [2.05, 4.69) is 21.5 Å². The van der Waals surface area contributed by atoms with E-state index >= 15 is 0 Å². The number of aromatic nitrogens is 4. The second kappa shape index (κ2) is 5.81. The van der Waals surface area contributed by atoms with Crippen LogP contribution in [-0.2, 0) is 14.3 Å². The van der Waals surface area contributed by atoms with Crippen molar-refractivity contribution in [3.05, 3.63) is 47.8 Å². The molecule has 0 aliphatic carbocycles. The molecule has 0 bridgehead atoms. The highest BCUT2D eigenvalue weighted by Gasteiger charge is 2.37. The topological polar surface area (TPSA) is 99.1 Å². The molecule has 0 radical (unpaired) electrons. The quantitative estimate of drug-likeness (QED) is 0.654. The zero-order chi connectivity index (χ0) is 16.4. The van der Waals surface area contributed by atoms with E-state index in [9.17, 15) is 9.59 Å². The van der Waals surface area contributed by atoms with Crippen molar-refractivity contribution in [1.29, 1.82) is 0 Å². The van der Waals surface area contributed by atoms with Crippen LogP contribution in [0, 0.1) is 0 Å². The third-order valence-corrected chi connectivity index (χ3v) is 3.57. The van der Waals surface area contributed by atoms with Gasteiger partial charge in [0.1, 0.15) is 12.2 Å². The number of aromatic amines is 1. The van der Waals surface area contributed by atoms with E-state index < -0.39 is 11.8 Å². The number of hydrogen-bond donors (Lipinski definition) is 1. The summed E-state index contributed by atoms with van der Waals surface area (Å²) in [6.45, 7) is 5.14. The maximum absolute atomic E-state index is 11.7. The summed E-state index contributed by atoms with van der Waals surface area (Å²) < 4.78 is 12.8. The van der Waals surface area contributed by atoms with Crippen molar-refractivity contribution < 1.29 is 14.3 Å². The third-order valence-electron chi connectivity index (χ3n) is 3.57. The lowest BCUT2D eigenvalue weighted by atomic mass is 10.0. The molecule has 2 aromatic heterocycles. The summed E-state index contributed by atoms with van der Waals surface area (Å²) in [7, 11) is 0. The number of carbonyl (C=O) groups is 1. The molecule has 0 unspecified atom stereocenters. The number of nitrogens with one attached hydrogen (secondary N) is 1. The minimum absolute atomic E-state index is 0.0853. The van der Waals surface area contributed by atoms with Crippen molar-refractivity contribution in [1.82, 2.24) is 19.5 Å². The molecular weight excluding hydrogens is 300 g/mol. The van der Waals surface area contributed by atoms with Crippen LogP contribution < -0.4 is 5.56 Å². The molecule has 120 valence electrons. The summed E-state index contributed by atoms with van der Waals surface area (Å²) >= 11 is 0. The van der Waals surface area contributed by atoms with Gasteiger partial charge in [-0.05, 0) is 12.2 Å². The molecule has 0 amide bonds. The van der Waals surface area contributed by atoms with Crippen LogP contribution in [0.3, 0.4) is 0 Å². The number of esters is 1. The summed E-state index contributed by atoms with van der Waals surface area (Å²) in [6.07, 6.45) is 8.15. The highest BCUT2D eigenvalue weighted by atomic mass is 16.6. The zero-order valence-electron chi connectivity index (χ0n) is 12.6. The fourth-order valence-electron chi connectivity index (χ4n) is 2.50.